The normalized spacial score (nSPS) is 20.0. The van der Waals surface area contributed by atoms with E-state index >= 15 is 0 Å². The Bertz CT molecular complexity index is 550. The number of aryl methyl sites for hydroxylation is 1. The van der Waals surface area contributed by atoms with E-state index in [9.17, 15) is 5.11 Å². The largest absolute Gasteiger partial charge is 0.493 e. The zero-order valence-electron chi connectivity index (χ0n) is 10.3. The molecule has 2 unspecified atom stereocenters. The lowest BCUT2D eigenvalue weighted by Crippen LogP contribution is -2.19. The molecule has 0 radical (unpaired) electrons. The van der Waals surface area contributed by atoms with Gasteiger partial charge in [0.2, 0.25) is 0 Å². The van der Waals surface area contributed by atoms with Crippen LogP contribution in [0.4, 0.5) is 0 Å². The van der Waals surface area contributed by atoms with Crippen LogP contribution in [0.15, 0.2) is 36.7 Å². The quantitative estimate of drug-likeness (QED) is 0.879. The minimum absolute atomic E-state index is 0.0825. The van der Waals surface area contributed by atoms with Crippen molar-refractivity contribution in [1.82, 2.24) is 9.78 Å². The van der Waals surface area contributed by atoms with Crippen LogP contribution in [0.5, 0.6) is 5.75 Å². The van der Waals surface area contributed by atoms with Gasteiger partial charge in [-0.3, -0.25) is 4.68 Å². The number of aromatic nitrogens is 2. The SMILES string of the molecule is Cn1cc(C(O)C2CCOc3ccccc32)cn1. The Kier molecular flexibility index (Phi) is 2.80. The lowest BCUT2D eigenvalue weighted by atomic mass is 9.86. The number of benzene rings is 1. The fourth-order valence-electron chi connectivity index (χ4n) is 2.52. The highest BCUT2D eigenvalue weighted by Gasteiger charge is 2.29. The molecule has 1 aliphatic heterocycles. The van der Waals surface area contributed by atoms with Crippen LogP contribution >= 0.6 is 0 Å². The van der Waals surface area contributed by atoms with E-state index in [1.165, 1.54) is 0 Å². The predicted octanol–water partition coefficient (Wildman–Crippen LogP) is 2.02. The molecule has 0 saturated carbocycles. The van der Waals surface area contributed by atoms with Crippen LogP contribution in [0.2, 0.25) is 0 Å². The van der Waals surface area contributed by atoms with Crippen LogP contribution in [-0.2, 0) is 7.05 Å². The molecule has 1 aromatic heterocycles. The monoisotopic (exact) mass is 244 g/mol. The smallest absolute Gasteiger partial charge is 0.122 e. The lowest BCUT2D eigenvalue weighted by molar-refractivity contribution is 0.117. The van der Waals surface area contributed by atoms with E-state index in [0.717, 1.165) is 23.3 Å². The number of para-hydroxylation sites is 1. The summed E-state index contributed by atoms with van der Waals surface area (Å²) < 4.78 is 7.33. The van der Waals surface area contributed by atoms with Crippen molar-refractivity contribution < 1.29 is 9.84 Å². The first-order chi connectivity index (χ1) is 8.75. The first-order valence-corrected chi connectivity index (χ1v) is 6.14. The van der Waals surface area contributed by atoms with Crippen molar-refractivity contribution in [2.75, 3.05) is 6.61 Å². The topological polar surface area (TPSA) is 47.3 Å². The van der Waals surface area contributed by atoms with Gasteiger partial charge in [0, 0.05) is 30.3 Å². The first-order valence-electron chi connectivity index (χ1n) is 6.14. The van der Waals surface area contributed by atoms with Gasteiger partial charge in [0.05, 0.1) is 18.9 Å². The van der Waals surface area contributed by atoms with Gasteiger partial charge in [0.25, 0.3) is 0 Å². The summed E-state index contributed by atoms with van der Waals surface area (Å²) in [5.74, 6) is 0.968. The van der Waals surface area contributed by atoms with Gasteiger partial charge in [-0.15, -0.1) is 0 Å². The van der Waals surface area contributed by atoms with Gasteiger partial charge in [-0.05, 0) is 12.5 Å². The Morgan fingerprint density at radius 2 is 2.28 bits per heavy atom. The summed E-state index contributed by atoms with van der Waals surface area (Å²) >= 11 is 0. The molecule has 2 aromatic rings. The Balaban J connectivity index is 1.94. The lowest BCUT2D eigenvalue weighted by Gasteiger charge is -2.29. The molecule has 3 rings (SSSR count). The highest BCUT2D eigenvalue weighted by atomic mass is 16.5. The van der Waals surface area contributed by atoms with Crippen molar-refractivity contribution in [3.8, 4) is 5.75 Å². The van der Waals surface area contributed by atoms with Crippen molar-refractivity contribution >= 4 is 0 Å². The minimum Gasteiger partial charge on any atom is -0.493 e. The molecule has 94 valence electrons. The third-order valence-corrected chi connectivity index (χ3v) is 3.45. The van der Waals surface area contributed by atoms with Gasteiger partial charge in [-0.25, -0.2) is 0 Å². The number of aliphatic hydroxyl groups is 1. The molecule has 4 nitrogen and oxygen atoms in total. The number of hydrogen-bond acceptors (Lipinski definition) is 3. The minimum atomic E-state index is -0.524. The Morgan fingerprint density at radius 3 is 3.06 bits per heavy atom. The van der Waals surface area contributed by atoms with Gasteiger partial charge in [0.15, 0.2) is 0 Å². The maximum absolute atomic E-state index is 10.5. The molecular formula is C14H16N2O2. The average Bonchev–Trinajstić information content (AvgIpc) is 2.84. The van der Waals surface area contributed by atoms with Crippen molar-refractivity contribution in [2.24, 2.45) is 7.05 Å². The highest BCUT2D eigenvalue weighted by molar-refractivity contribution is 5.39. The van der Waals surface area contributed by atoms with Crippen molar-refractivity contribution in [2.45, 2.75) is 18.4 Å². The van der Waals surface area contributed by atoms with Crippen molar-refractivity contribution in [3.63, 3.8) is 0 Å². The molecule has 4 heteroatoms. The van der Waals surface area contributed by atoms with Crippen molar-refractivity contribution in [1.29, 1.82) is 0 Å². The molecule has 18 heavy (non-hydrogen) atoms. The second kappa shape index (κ2) is 4.46. The van der Waals surface area contributed by atoms with E-state index in [2.05, 4.69) is 5.10 Å². The van der Waals surface area contributed by atoms with E-state index in [-0.39, 0.29) is 5.92 Å². The second-order valence-electron chi connectivity index (χ2n) is 4.67. The molecular weight excluding hydrogens is 228 g/mol. The van der Waals surface area contributed by atoms with E-state index in [1.54, 1.807) is 10.9 Å². The van der Waals surface area contributed by atoms with Gasteiger partial charge in [-0.2, -0.15) is 5.10 Å². The van der Waals surface area contributed by atoms with Crippen LogP contribution in [-0.4, -0.2) is 21.5 Å². The Hall–Kier alpha value is -1.81. The van der Waals surface area contributed by atoms with E-state index in [1.807, 2.05) is 37.5 Å². The molecule has 1 N–H and O–H groups in total. The fourth-order valence-corrected chi connectivity index (χ4v) is 2.52. The molecule has 2 heterocycles. The fraction of sp³-hybridized carbons (Fsp3) is 0.357. The molecule has 1 aliphatic rings. The van der Waals surface area contributed by atoms with Gasteiger partial charge in [-0.1, -0.05) is 18.2 Å². The van der Waals surface area contributed by atoms with Crippen LogP contribution in [0.25, 0.3) is 0 Å². The van der Waals surface area contributed by atoms with Crippen LogP contribution < -0.4 is 4.74 Å². The molecule has 0 amide bonds. The number of hydrogen-bond donors (Lipinski definition) is 1. The average molecular weight is 244 g/mol. The summed E-state index contributed by atoms with van der Waals surface area (Å²) in [7, 11) is 1.86. The number of ether oxygens (including phenoxy) is 1. The summed E-state index contributed by atoms with van der Waals surface area (Å²) in [6.45, 7) is 0.652. The molecule has 0 bridgehead atoms. The summed E-state index contributed by atoms with van der Waals surface area (Å²) in [5.41, 5.74) is 1.94. The Labute approximate surface area is 106 Å². The van der Waals surface area contributed by atoms with Crippen LogP contribution in [0, 0.1) is 0 Å². The van der Waals surface area contributed by atoms with Crippen LogP contribution in [0.3, 0.4) is 0 Å². The van der Waals surface area contributed by atoms with Crippen LogP contribution in [0.1, 0.15) is 29.6 Å². The zero-order chi connectivity index (χ0) is 12.5. The predicted molar refractivity (Wildman–Crippen MR) is 67.5 cm³/mol. The molecule has 2 atom stereocenters. The maximum atomic E-state index is 10.5. The summed E-state index contributed by atoms with van der Waals surface area (Å²) in [6, 6.07) is 7.92. The summed E-state index contributed by atoms with van der Waals surface area (Å²) in [4.78, 5) is 0. The highest BCUT2D eigenvalue weighted by Crippen LogP contribution is 2.40. The third kappa shape index (κ3) is 1.88. The summed E-state index contributed by atoms with van der Waals surface area (Å²) in [5, 5.41) is 14.6. The Morgan fingerprint density at radius 1 is 1.44 bits per heavy atom. The number of nitrogens with zero attached hydrogens (tertiary/aromatic N) is 2. The summed E-state index contributed by atoms with van der Waals surface area (Å²) in [6.07, 6.45) is 3.89. The number of aliphatic hydroxyl groups excluding tert-OH is 1. The molecule has 0 spiro atoms. The van der Waals surface area contributed by atoms with Gasteiger partial charge in [0.1, 0.15) is 5.75 Å². The maximum Gasteiger partial charge on any atom is 0.122 e. The van der Waals surface area contributed by atoms with E-state index < -0.39 is 6.10 Å². The second-order valence-corrected chi connectivity index (χ2v) is 4.67. The molecule has 0 fully saturated rings. The van der Waals surface area contributed by atoms with Gasteiger partial charge >= 0.3 is 0 Å². The van der Waals surface area contributed by atoms with E-state index in [4.69, 9.17) is 4.74 Å². The zero-order valence-corrected chi connectivity index (χ0v) is 10.3. The standard InChI is InChI=1S/C14H16N2O2/c1-16-9-10(8-15-16)14(17)12-6-7-18-13-5-3-2-4-11(12)13/h2-5,8-9,12,14,17H,6-7H2,1H3. The number of rotatable bonds is 2. The molecule has 0 saturated heterocycles. The molecule has 0 aliphatic carbocycles. The first kappa shape index (κ1) is 11.3. The molecule has 1 aromatic carbocycles. The van der Waals surface area contributed by atoms with E-state index in [0.29, 0.717) is 6.61 Å². The third-order valence-electron chi connectivity index (χ3n) is 3.45. The number of fused-ring (bicyclic) bond motifs is 1. The van der Waals surface area contributed by atoms with Crippen molar-refractivity contribution in [3.05, 3.63) is 47.8 Å². The van der Waals surface area contributed by atoms with Gasteiger partial charge < -0.3 is 9.84 Å².